The van der Waals surface area contributed by atoms with Crippen molar-refractivity contribution in [3.05, 3.63) is 24.3 Å². The molecule has 0 fully saturated rings. The molecule has 1 aromatic carbocycles. The number of benzene rings is 1. The smallest absolute Gasteiger partial charge is 0.305 e. The van der Waals surface area contributed by atoms with Crippen molar-refractivity contribution in [3.63, 3.8) is 0 Å². The summed E-state index contributed by atoms with van der Waals surface area (Å²) < 4.78 is 4.57. The second-order valence-corrected chi connectivity index (χ2v) is 5.02. The van der Waals surface area contributed by atoms with Crippen molar-refractivity contribution < 1.29 is 9.53 Å². The van der Waals surface area contributed by atoms with Gasteiger partial charge >= 0.3 is 5.97 Å². The number of esters is 1. The van der Waals surface area contributed by atoms with Gasteiger partial charge in [-0.05, 0) is 37.0 Å². The molecule has 0 aliphatic carbocycles. The van der Waals surface area contributed by atoms with Crippen molar-refractivity contribution in [2.45, 2.75) is 17.7 Å². The predicted octanol–water partition coefficient (Wildman–Crippen LogP) is 2.65. The van der Waals surface area contributed by atoms with Gasteiger partial charge in [0.25, 0.3) is 0 Å². The van der Waals surface area contributed by atoms with Crippen LogP contribution in [0, 0.1) is 0 Å². The van der Waals surface area contributed by atoms with Crippen LogP contribution in [-0.4, -0.2) is 31.0 Å². The quantitative estimate of drug-likeness (QED) is 0.364. The number of methoxy groups -OCH3 is 1. The minimum absolute atomic E-state index is 0.201. The maximum atomic E-state index is 10.9. The topological polar surface area (TPSA) is 50.4 Å². The number of hydrogen-bond acceptors (Lipinski definition) is 4. The van der Waals surface area contributed by atoms with Crippen LogP contribution in [-0.2, 0) is 9.53 Å². The van der Waals surface area contributed by atoms with E-state index in [1.807, 2.05) is 30.5 Å². The van der Waals surface area contributed by atoms with Gasteiger partial charge in [0.15, 0.2) is 5.11 Å². The molecule has 4 nitrogen and oxygen atoms in total. The van der Waals surface area contributed by atoms with Crippen molar-refractivity contribution in [1.29, 1.82) is 0 Å². The van der Waals surface area contributed by atoms with E-state index in [2.05, 4.69) is 15.4 Å². The Labute approximate surface area is 123 Å². The first-order valence-corrected chi connectivity index (χ1v) is 7.55. The molecule has 0 aliphatic rings. The summed E-state index contributed by atoms with van der Waals surface area (Å²) in [5.41, 5.74) is 0.987. The molecular weight excluding hydrogens is 280 g/mol. The molecule has 0 radical (unpaired) electrons. The highest BCUT2D eigenvalue weighted by molar-refractivity contribution is 7.98. The summed E-state index contributed by atoms with van der Waals surface area (Å²) in [7, 11) is 1.39. The molecule has 6 heteroatoms. The number of hydrogen-bond donors (Lipinski definition) is 2. The molecule has 0 aromatic heterocycles. The molecule has 0 bridgehead atoms. The van der Waals surface area contributed by atoms with Gasteiger partial charge in [0.1, 0.15) is 0 Å². The number of carbonyl (C=O) groups is 1. The van der Waals surface area contributed by atoms with Crippen LogP contribution in [0.15, 0.2) is 29.2 Å². The van der Waals surface area contributed by atoms with Crippen molar-refractivity contribution in [3.8, 4) is 0 Å². The van der Waals surface area contributed by atoms with E-state index in [1.54, 1.807) is 11.8 Å². The van der Waals surface area contributed by atoms with E-state index in [0.717, 1.165) is 10.6 Å². The fourth-order valence-corrected chi connectivity index (χ4v) is 2.22. The Kier molecular flexibility index (Phi) is 7.28. The van der Waals surface area contributed by atoms with Crippen LogP contribution < -0.4 is 10.6 Å². The number of nitrogens with one attached hydrogen (secondary N) is 2. The molecule has 1 rings (SSSR count). The lowest BCUT2D eigenvalue weighted by Gasteiger charge is -2.12. The summed E-state index contributed by atoms with van der Waals surface area (Å²) in [5, 5.41) is 6.77. The van der Waals surface area contributed by atoms with Crippen molar-refractivity contribution in [2.75, 3.05) is 25.2 Å². The van der Waals surface area contributed by atoms with Crippen LogP contribution in [0.2, 0.25) is 0 Å². The largest absolute Gasteiger partial charge is 0.469 e. The normalized spacial score (nSPS) is 9.79. The van der Waals surface area contributed by atoms with E-state index >= 15 is 0 Å². The van der Waals surface area contributed by atoms with Gasteiger partial charge < -0.3 is 15.4 Å². The molecule has 2 N–H and O–H groups in total. The average molecular weight is 298 g/mol. The lowest BCUT2D eigenvalue weighted by molar-refractivity contribution is -0.140. The third-order valence-electron chi connectivity index (χ3n) is 2.43. The molecule has 0 saturated carbocycles. The van der Waals surface area contributed by atoms with Crippen LogP contribution in [0.5, 0.6) is 0 Å². The van der Waals surface area contributed by atoms with Gasteiger partial charge in [0.2, 0.25) is 0 Å². The standard InChI is InChI=1S/C13H18N2O2S2/c1-17-12(16)8-5-9-14-13(18)15-10-6-3-4-7-11(10)19-2/h3-4,6-7H,5,8-9H2,1-2H3,(H2,14,15,18). The maximum absolute atomic E-state index is 10.9. The highest BCUT2D eigenvalue weighted by Gasteiger charge is 2.03. The van der Waals surface area contributed by atoms with E-state index in [-0.39, 0.29) is 5.97 Å². The Bertz CT molecular complexity index is 438. The van der Waals surface area contributed by atoms with Gasteiger partial charge in [-0.3, -0.25) is 4.79 Å². The van der Waals surface area contributed by atoms with Gasteiger partial charge in [-0.25, -0.2) is 0 Å². The predicted molar refractivity (Wildman–Crippen MR) is 83.7 cm³/mol. The van der Waals surface area contributed by atoms with Gasteiger partial charge in [-0.1, -0.05) is 12.1 Å². The molecular formula is C13H18N2O2S2. The zero-order chi connectivity index (χ0) is 14.1. The summed E-state index contributed by atoms with van der Waals surface area (Å²) in [4.78, 5) is 12.1. The third-order valence-corrected chi connectivity index (χ3v) is 3.47. The highest BCUT2D eigenvalue weighted by Crippen LogP contribution is 2.24. The Balaban J connectivity index is 2.33. The second kappa shape index (κ2) is 8.77. The van der Waals surface area contributed by atoms with E-state index < -0.39 is 0 Å². The first-order chi connectivity index (χ1) is 9.17. The van der Waals surface area contributed by atoms with Crippen LogP contribution in [0.1, 0.15) is 12.8 Å². The molecule has 1 aromatic rings. The lowest BCUT2D eigenvalue weighted by atomic mass is 10.3. The Morgan fingerprint density at radius 2 is 2.16 bits per heavy atom. The number of carbonyl (C=O) groups excluding carboxylic acids is 1. The van der Waals surface area contributed by atoms with Crippen LogP contribution in [0.25, 0.3) is 0 Å². The van der Waals surface area contributed by atoms with Crippen LogP contribution >= 0.6 is 24.0 Å². The van der Waals surface area contributed by atoms with E-state index in [1.165, 1.54) is 7.11 Å². The Morgan fingerprint density at radius 3 is 2.84 bits per heavy atom. The fourth-order valence-electron chi connectivity index (χ4n) is 1.45. The molecule has 0 spiro atoms. The van der Waals surface area contributed by atoms with Gasteiger partial charge in [0, 0.05) is 17.9 Å². The molecule has 0 amide bonds. The minimum atomic E-state index is -0.201. The van der Waals surface area contributed by atoms with Crippen molar-refractivity contribution in [2.24, 2.45) is 0 Å². The second-order valence-electron chi connectivity index (χ2n) is 3.76. The summed E-state index contributed by atoms with van der Waals surface area (Å²) in [6.45, 7) is 0.641. The van der Waals surface area contributed by atoms with Gasteiger partial charge in [-0.15, -0.1) is 11.8 Å². The third kappa shape index (κ3) is 5.94. The fraction of sp³-hybridized carbons (Fsp3) is 0.385. The van der Waals surface area contributed by atoms with E-state index in [0.29, 0.717) is 24.5 Å². The SMILES string of the molecule is COC(=O)CCCNC(=S)Nc1ccccc1SC. The molecule has 0 unspecified atom stereocenters. The van der Waals surface area contributed by atoms with E-state index in [9.17, 15) is 4.79 Å². The van der Waals surface area contributed by atoms with Crippen LogP contribution in [0.4, 0.5) is 5.69 Å². The Morgan fingerprint density at radius 1 is 1.42 bits per heavy atom. The number of rotatable bonds is 6. The molecule has 104 valence electrons. The summed E-state index contributed by atoms with van der Waals surface area (Å²) >= 11 is 6.86. The van der Waals surface area contributed by atoms with Crippen molar-refractivity contribution in [1.82, 2.24) is 5.32 Å². The summed E-state index contributed by atoms with van der Waals surface area (Å²) in [6.07, 6.45) is 3.11. The summed E-state index contributed by atoms with van der Waals surface area (Å²) in [5.74, 6) is -0.201. The first-order valence-electron chi connectivity index (χ1n) is 5.92. The highest BCUT2D eigenvalue weighted by atomic mass is 32.2. The zero-order valence-corrected chi connectivity index (χ0v) is 12.7. The summed E-state index contributed by atoms with van der Waals surface area (Å²) in [6, 6.07) is 7.97. The lowest BCUT2D eigenvalue weighted by Crippen LogP contribution is -2.29. The number of thioether (sulfide) groups is 1. The molecule has 0 saturated heterocycles. The Hall–Kier alpha value is -1.27. The van der Waals surface area contributed by atoms with Gasteiger partial charge in [0.05, 0.1) is 12.8 Å². The average Bonchev–Trinajstić information content (AvgIpc) is 2.43. The number of ether oxygens (including phenoxy) is 1. The monoisotopic (exact) mass is 298 g/mol. The number of anilines is 1. The molecule has 19 heavy (non-hydrogen) atoms. The minimum Gasteiger partial charge on any atom is -0.469 e. The van der Waals surface area contributed by atoms with Crippen molar-refractivity contribution >= 4 is 40.7 Å². The molecule has 0 heterocycles. The van der Waals surface area contributed by atoms with E-state index in [4.69, 9.17) is 12.2 Å². The number of thiocarbonyl (C=S) groups is 1. The molecule has 0 aliphatic heterocycles. The zero-order valence-electron chi connectivity index (χ0n) is 11.1. The first kappa shape index (κ1) is 15.8. The van der Waals surface area contributed by atoms with Crippen LogP contribution in [0.3, 0.4) is 0 Å². The maximum Gasteiger partial charge on any atom is 0.305 e. The number of para-hydroxylation sites is 1. The molecule has 0 atom stereocenters. The van der Waals surface area contributed by atoms with Gasteiger partial charge in [-0.2, -0.15) is 0 Å².